The summed E-state index contributed by atoms with van der Waals surface area (Å²) in [6, 6.07) is 0. The van der Waals surface area contributed by atoms with Gasteiger partial charge in [-0.2, -0.15) is 4.90 Å². The zero-order chi connectivity index (χ0) is 10.0. The minimum atomic E-state index is -1.55. The average Bonchev–Trinajstić information content (AvgIpc) is 2.34. The van der Waals surface area contributed by atoms with Crippen LogP contribution in [-0.4, -0.2) is 27.4 Å². The van der Waals surface area contributed by atoms with Gasteiger partial charge in [-0.1, -0.05) is 11.3 Å². The molecule has 2 amide bonds. The van der Waals surface area contributed by atoms with Crippen LogP contribution in [0.1, 0.15) is 0 Å². The summed E-state index contributed by atoms with van der Waals surface area (Å²) in [6.45, 7) is 0. The Morgan fingerprint density at radius 1 is 1.46 bits per heavy atom. The SMILES string of the molecule is O=C(O)N(C(=O)O)c1cnc(Br)s1. The van der Waals surface area contributed by atoms with E-state index >= 15 is 0 Å². The van der Waals surface area contributed by atoms with Crippen LogP contribution in [0.25, 0.3) is 0 Å². The largest absolute Gasteiger partial charge is 0.464 e. The van der Waals surface area contributed by atoms with Crippen LogP contribution in [0.4, 0.5) is 14.6 Å². The van der Waals surface area contributed by atoms with Gasteiger partial charge in [0.05, 0.1) is 6.20 Å². The molecule has 13 heavy (non-hydrogen) atoms. The molecule has 0 aromatic carbocycles. The smallest absolute Gasteiger partial charge is 0.422 e. The topological polar surface area (TPSA) is 90.7 Å². The van der Waals surface area contributed by atoms with E-state index in [0.717, 1.165) is 17.5 Å². The van der Waals surface area contributed by atoms with Crippen LogP contribution in [0.3, 0.4) is 0 Å². The quantitative estimate of drug-likeness (QED) is 0.812. The Bertz CT molecular complexity index is 338. The van der Waals surface area contributed by atoms with Gasteiger partial charge in [-0.25, -0.2) is 14.6 Å². The molecule has 0 unspecified atom stereocenters. The van der Waals surface area contributed by atoms with E-state index in [1.54, 1.807) is 0 Å². The Balaban J connectivity index is 3.02. The lowest BCUT2D eigenvalue weighted by atomic mass is 10.7. The fourth-order valence-electron chi connectivity index (χ4n) is 0.619. The number of rotatable bonds is 1. The van der Waals surface area contributed by atoms with Gasteiger partial charge in [0.1, 0.15) is 5.00 Å². The first-order valence-electron chi connectivity index (χ1n) is 2.89. The number of anilines is 1. The molecule has 0 atom stereocenters. The van der Waals surface area contributed by atoms with E-state index in [9.17, 15) is 9.59 Å². The van der Waals surface area contributed by atoms with Crippen LogP contribution in [-0.2, 0) is 0 Å². The molecule has 1 rings (SSSR count). The Labute approximate surface area is 84.6 Å². The van der Waals surface area contributed by atoms with Crippen molar-refractivity contribution < 1.29 is 19.8 Å². The summed E-state index contributed by atoms with van der Waals surface area (Å²) in [5.41, 5.74) is 0. The highest BCUT2D eigenvalue weighted by molar-refractivity contribution is 9.11. The second-order valence-corrected chi connectivity index (χ2v) is 4.14. The molecule has 0 bridgehead atoms. The van der Waals surface area contributed by atoms with Gasteiger partial charge in [-0.05, 0) is 15.9 Å². The van der Waals surface area contributed by atoms with E-state index in [2.05, 4.69) is 20.9 Å². The molecule has 0 aliphatic heterocycles. The molecule has 70 valence electrons. The average molecular weight is 267 g/mol. The highest BCUT2D eigenvalue weighted by Crippen LogP contribution is 2.27. The van der Waals surface area contributed by atoms with Crippen molar-refractivity contribution in [2.45, 2.75) is 0 Å². The van der Waals surface area contributed by atoms with Gasteiger partial charge in [-0.3, -0.25) is 0 Å². The van der Waals surface area contributed by atoms with Crippen LogP contribution in [0.15, 0.2) is 10.1 Å². The standard InChI is InChI=1S/C5H3BrN2O4S/c6-3-7-1-2(13-3)8(4(9)10)5(11)12/h1H,(H,9,10)(H,11,12). The summed E-state index contributed by atoms with van der Waals surface area (Å²) in [4.78, 5) is 24.8. The molecular weight excluding hydrogens is 264 g/mol. The molecule has 0 aliphatic carbocycles. The highest BCUT2D eigenvalue weighted by Gasteiger charge is 2.23. The first kappa shape index (κ1) is 9.93. The van der Waals surface area contributed by atoms with Crippen molar-refractivity contribution >= 4 is 44.5 Å². The monoisotopic (exact) mass is 266 g/mol. The molecule has 1 aromatic rings. The van der Waals surface area contributed by atoms with Gasteiger partial charge >= 0.3 is 12.2 Å². The maximum absolute atomic E-state index is 10.5. The summed E-state index contributed by atoms with van der Waals surface area (Å²) >= 11 is 3.92. The fraction of sp³-hybridized carbons (Fsp3) is 0. The lowest BCUT2D eigenvalue weighted by Gasteiger charge is -2.08. The summed E-state index contributed by atoms with van der Waals surface area (Å²) < 4.78 is 0.426. The van der Waals surface area contributed by atoms with Crippen molar-refractivity contribution in [3.63, 3.8) is 0 Å². The van der Waals surface area contributed by atoms with Crippen molar-refractivity contribution in [1.82, 2.24) is 4.98 Å². The Kier molecular flexibility index (Phi) is 2.83. The van der Waals surface area contributed by atoms with Gasteiger partial charge in [0.2, 0.25) is 0 Å². The Hall–Kier alpha value is -1.15. The molecule has 6 nitrogen and oxygen atoms in total. The minimum Gasteiger partial charge on any atom is -0.464 e. The molecule has 8 heteroatoms. The predicted octanol–water partition coefficient (Wildman–Crippen LogP) is 2.07. The van der Waals surface area contributed by atoms with Crippen LogP contribution < -0.4 is 4.90 Å². The number of hydrogen-bond acceptors (Lipinski definition) is 4. The van der Waals surface area contributed by atoms with E-state index < -0.39 is 12.2 Å². The first-order chi connectivity index (χ1) is 6.02. The predicted molar refractivity (Wildman–Crippen MR) is 48.3 cm³/mol. The highest BCUT2D eigenvalue weighted by atomic mass is 79.9. The molecule has 2 N–H and O–H groups in total. The summed E-state index contributed by atoms with van der Waals surface area (Å²) in [7, 11) is 0. The van der Waals surface area contributed by atoms with Crippen LogP contribution in [0.2, 0.25) is 0 Å². The second kappa shape index (κ2) is 3.71. The van der Waals surface area contributed by atoms with Crippen LogP contribution in [0.5, 0.6) is 0 Å². The number of aromatic nitrogens is 1. The molecule has 0 fully saturated rings. The number of hydrogen-bond donors (Lipinski definition) is 2. The molecule has 0 radical (unpaired) electrons. The van der Waals surface area contributed by atoms with Gasteiger partial charge in [0.15, 0.2) is 3.92 Å². The Morgan fingerprint density at radius 2 is 2.00 bits per heavy atom. The summed E-state index contributed by atoms with van der Waals surface area (Å²) in [5.74, 6) is 0. The van der Waals surface area contributed by atoms with Gasteiger partial charge < -0.3 is 10.2 Å². The maximum atomic E-state index is 10.5. The van der Waals surface area contributed by atoms with Crippen molar-refractivity contribution in [2.75, 3.05) is 4.90 Å². The fourth-order valence-corrected chi connectivity index (χ4v) is 1.85. The second-order valence-electron chi connectivity index (χ2n) is 1.85. The van der Waals surface area contributed by atoms with E-state index in [0.29, 0.717) is 3.92 Å². The minimum absolute atomic E-state index is 0.0341. The molecule has 0 saturated carbocycles. The molecule has 1 aromatic heterocycles. The third kappa shape index (κ3) is 2.16. The molecule has 0 saturated heterocycles. The van der Waals surface area contributed by atoms with Crippen LogP contribution in [0, 0.1) is 0 Å². The number of imide groups is 1. The zero-order valence-electron chi connectivity index (χ0n) is 5.97. The van der Waals surface area contributed by atoms with Crippen molar-refractivity contribution in [3.05, 3.63) is 10.1 Å². The van der Waals surface area contributed by atoms with Crippen molar-refractivity contribution in [2.24, 2.45) is 0 Å². The molecule has 0 spiro atoms. The third-order valence-electron chi connectivity index (χ3n) is 1.07. The van der Waals surface area contributed by atoms with E-state index in [-0.39, 0.29) is 9.90 Å². The Morgan fingerprint density at radius 3 is 2.31 bits per heavy atom. The zero-order valence-corrected chi connectivity index (χ0v) is 8.37. The lowest BCUT2D eigenvalue weighted by molar-refractivity contribution is 0.184. The van der Waals surface area contributed by atoms with E-state index in [1.807, 2.05) is 0 Å². The molecule has 0 aliphatic rings. The van der Waals surface area contributed by atoms with Crippen LogP contribution >= 0.6 is 27.3 Å². The van der Waals surface area contributed by atoms with Gasteiger partial charge in [-0.15, -0.1) is 0 Å². The number of halogens is 1. The van der Waals surface area contributed by atoms with E-state index in [4.69, 9.17) is 10.2 Å². The van der Waals surface area contributed by atoms with Gasteiger partial charge in [0.25, 0.3) is 0 Å². The molecule has 1 heterocycles. The maximum Gasteiger partial charge on any atom is 0.422 e. The summed E-state index contributed by atoms with van der Waals surface area (Å²) in [6.07, 6.45) is -1.94. The first-order valence-corrected chi connectivity index (χ1v) is 4.50. The number of thiazole rings is 1. The number of carbonyl (C=O) groups is 2. The van der Waals surface area contributed by atoms with Gasteiger partial charge in [0, 0.05) is 0 Å². The van der Waals surface area contributed by atoms with Crippen molar-refractivity contribution in [1.29, 1.82) is 0 Å². The number of nitrogens with zero attached hydrogens (tertiary/aromatic N) is 2. The number of amides is 2. The molecular formula is C5H3BrN2O4S. The summed E-state index contributed by atoms with van der Waals surface area (Å²) in [5, 5.41) is 17.1. The van der Waals surface area contributed by atoms with E-state index in [1.165, 1.54) is 0 Å². The van der Waals surface area contributed by atoms with Crippen molar-refractivity contribution in [3.8, 4) is 0 Å². The lowest BCUT2D eigenvalue weighted by Crippen LogP contribution is -2.33. The normalized spacial score (nSPS) is 9.62. The third-order valence-corrected chi connectivity index (χ3v) is 2.53. The number of carboxylic acid groups (broad SMARTS) is 2.